The molecular formula is C18H16N2O5. The summed E-state index contributed by atoms with van der Waals surface area (Å²) in [7, 11) is 1.62. The zero-order valence-corrected chi connectivity index (χ0v) is 13.7. The molecule has 0 saturated heterocycles. The number of amides is 1. The highest BCUT2D eigenvalue weighted by atomic mass is 16.6. The topological polar surface area (TPSA) is 82.7 Å². The molecule has 0 aliphatic carbocycles. The maximum absolute atomic E-state index is 12.6. The number of ether oxygens (including phenoxy) is 2. The SMILES string of the molecule is C[C@@H]1Oc2ccccc2O[C@H]1C(=O)Nc1ccc2c(c1)oc(=O)n2C. The standard InChI is InChI=1S/C18H16N2O5/c1-10-16(24-14-6-4-3-5-13(14)23-10)17(21)19-11-7-8-12-15(9-11)25-18(22)20(12)2/h3-10,16H,1-2H3,(H,19,21)/t10-,16+/m0/s1. The molecule has 0 saturated carbocycles. The summed E-state index contributed by atoms with van der Waals surface area (Å²) in [6, 6.07) is 12.2. The molecule has 25 heavy (non-hydrogen) atoms. The van der Waals surface area contributed by atoms with Crippen molar-refractivity contribution in [2.45, 2.75) is 19.1 Å². The summed E-state index contributed by atoms with van der Waals surface area (Å²) < 4.78 is 18.1. The van der Waals surface area contributed by atoms with Crippen LogP contribution in [-0.4, -0.2) is 22.7 Å². The summed E-state index contributed by atoms with van der Waals surface area (Å²) >= 11 is 0. The number of benzene rings is 2. The van der Waals surface area contributed by atoms with Gasteiger partial charge in [-0.3, -0.25) is 9.36 Å². The Hall–Kier alpha value is -3.22. The summed E-state index contributed by atoms with van der Waals surface area (Å²) in [4.78, 5) is 24.1. The number of aryl methyl sites for hydroxylation is 1. The Morgan fingerprint density at radius 3 is 2.60 bits per heavy atom. The lowest BCUT2D eigenvalue weighted by Gasteiger charge is -2.30. The van der Waals surface area contributed by atoms with E-state index in [1.54, 1.807) is 44.3 Å². The number of anilines is 1. The van der Waals surface area contributed by atoms with Gasteiger partial charge in [0.05, 0.1) is 5.52 Å². The highest BCUT2D eigenvalue weighted by Gasteiger charge is 2.34. The van der Waals surface area contributed by atoms with Gasteiger partial charge in [-0.1, -0.05) is 12.1 Å². The number of carbonyl (C=O) groups excluding carboxylic acids is 1. The van der Waals surface area contributed by atoms with Crippen LogP contribution < -0.4 is 20.5 Å². The summed E-state index contributed by atoms with van der Waals surface area (Å²) in [6.07, 6.45) is -1.22. The first-order chi connectivity index (χ1) is 12.0. The summed E-state index contributed by atoms with van der Waals surface area (Å²) in [5.41, 5.74) is 1.58. The van der Waals surface area contributed by atoms with Gasteiger partial charge in [-0.25, -0.2) is 4.79 Å². The second-order valence-electron chi connectivity index (χ2n) is 5.91. The Morgan fingerprint density at radius 2 is 1.84 bits per heavy atom. The van der Waals surface area contributed by atoms with Crippen LogP contribution in [0.15, 0.2) is 51.7 Å². The number of nitrogens with one attached hydrogen (secondary N) is 1. The molecule has 1 aromatic heterocycles. The average molecular weight is 340 g/mol. The first-order valence-electron chi connectivity index (χ1n) is 7.86. The Balaban J connectivity index is 1.57. The molecule has 2 aromatic carbocycles. The third-order valence-electron chi connectivity index (χ3n) is 4.16. The molecule has 2 atom stereocenters. The number of fused-ring (bicyclic) bond motifs is 2. The van der Waals surface area contributed by atoms with E-state index in [2.05, 4.69) is 5.32 Å². The minimum Gasteiger partial charge on any atom is -0.482 e. The van der Waals surface area contributed by atoms with Crippen molar-refractivity contribution in [1.82, 2.24) is 4.57 Å². The molecule has 1 N–H and O–H groups in total. The Kier molecular flexibility index (Phi) is 3.49. The van der Waals surface area contributed by atoms with Crippen molar-refractivity contribution < 1.29 is 18.7 Å². The monoisotopic (exact) mass is 340 g/mol. The van der Waals surface area contributed by atoms with Gasteiger partial charge >= 0.3 is 5.76 Å². The molecule has 0 spiro atoms. The zero-order valence-electron chi connectivity index (χ0n) is 13.7. The first kappa shape index (κ1) is 15.3. The van der Waals surface area contributed by atoms with E-state index >= 15 is 0 Å². The Bertz CT molecular complexity index is 1020. The molecule has 0 unspecified atom stereocenters. The van der Waals surface area contributed by atoms with Gasteiger partial charge in [0.1, 0.15) is 6.10 Å². The average Bonchev–Trinajstić information content (AvgIpc) is 2.88. The molecule has 0 bridgehead atoms. The smallest absolute Gasteiger partial charge is 0.419 e. The van der Waals surface area contributed by atoms with Gasteiger partial charge in [0.2, 0.25) is 6.10 Å². The van der Waals surface area contributed by atoms with Crippen LogP contribution in [-0.2, 0) is 11.8 Å². The second-order valence-corrected chi connectivity index (χ2v) is 5.91. The Morgan fingerprint density at radius 1 is 1.12 bits per heavy atom. The van der Waals surface area contributed by atoms with Crippen LogP contribution in [0.3, 0.4) is 0 Å². The van der Waals surface area contributed by atoms with Gasteiger partial charge in [-0.15, -0.1) is 0 Å². The van der Waals surface area contributed by atoms with Gasteiger partial charge in [0, 0.05) is 18.8 Å². The predicted octanol–water partition coefficient (Wildman–Crippen LogP) is 2.30. The number of hydrogen-bond donors (Lipinski definition) is 1. The maximum atomic E-state index is 12.6. The van der Waals surface area contributed by atoms with Crippen molar-refractivity contribution >= 4 is 22.7 Å². The van der Waals surface area contributed by atoms with Crippen LogP contribution in [0.1, 0.15) is 6.92 Å². The van der Waals surface area contributed by atoms with E-state index in [4.69, 9.17) is 13.9 Å². The molecule has 128 valence electrons. The summed E-state index contributed by atoms with van der Waals surface area (Å²) in [6.45, 7) is 1.78. The molecule has 7 nitrogen and oxygen atoms in total. The second kappa shape index (κ2) is 5.70. The lowest BCUT2D eigenvalue weighted by atomic mass is 10.1. The lowest BCUT2D eigenvalue weighted by Crippen LogP contribution is -2.46. The van der Waals surface area contributed by atoms with Gasteiger partial charge in [-0.2, -0.15) is 0 Å². The number of aromatic nitrogens is 1. The van der Waals surface area contributed by atoms with E-state index < -0.39 is 18.0 Å². The van der Waals surface area contributed by atoms with E-state index in [-0.39, 0.29) is 5.91 Å². The van der Waals surface area contributed by atoms with Crippen molar-refractivity contribution in [2.24, 2.45) is 7.05 Å². The van der Waals surface area contributed by atoms with E-state index in [0.29, 0.717) is 28.3 Å². The normalized spacial score (nSPS) is 19.0. The fourth-order valence-electron chi connectivity index (χ4n) is 2.83. The highest BCUT2D eigenvalue weighted by molar-refractivity contribution is 5.96. The molecule has 3 aromatic rings. The van der Waals surface area contributed by atoms with Gasteiger partial charge in [-0.05, 0) is 31.2 Å². The van der Waals surface area contributed by atoms with Crippen LogP contribution >= 0.6 is 0 Å². The van der Waals surface area contributed by atoms with Crippen molar-refractivity contribution in [3.63, 3.8) is 0 Å². The molecule has 0 fully saturated rings. The molecular weight excluding hydrogens is 324 g/mol. The predicted molar refractivity (Wildman–Crippen MR) is 91.0 cm³/mol. The van der Waals surface area contributed by atoms with E-state index in [1.807, 2.05) is 12.1 Å². The molecule has 1 aliphatic heterocycles. The van der Waals surface area contributed by atoms with Crippen molar-refractivity contribution in [1.29, 1.82) is 0 Å². The minimum atomic E-state index is -0.784. The van der Waals surface area contributed by atoms with Crippen LogP contribution in [0.2, 0.25) is 0 Å². The molecule has 4 rings (SSSR count). The molecule has 1 aliphatic rings. The number of nitrogens with zero attached hydrogens (tertiary/aromatic N) is 1. The third kappa shape index (κ3) is 2.63. The number of carbonyl (C=O) groups is 1. The van der Waals surface area contributed by atoms with E-state index in [1.165, 1.54) is 4.57 Å². The largest absolute Gasteiger partial charge is 0.482 e. The number of rotatable bonds is 2. The van der Waals surface area contributed by atoms with Gasteiger partial charge < -0.3 is 19.2 Å². The van der Waals surface area contributed by atoms with Crippen LogP contribution in [0.5, 0.6) is 11.5 Å². The van der Waals surface area contributed by atoms with E-state index in [0.717, 1.165) is 0 Å². The summed E-state index contributed by atoms with van der Waals surface area (Å²) in [5, 5.41) is 2.78. The number of oxazole rings is 1. The van der Waals surface area contributed by atoms with Gasteiger partial charge in [0.25, 0.3) is 5.91 Å². The fraction of sp³-hybridized carbons (Fsp3) is 0.222. The van der Waals surface area contributed by atoms with Crippen molar-refractivity contribution in [2.75, 3.05) is 5.32 Å². The summed E-state index contributed by atoms with van der Waals surface area (Å²) in [5.74, 6) is 0.365. The van der Waals surface area contributed by atoms with Crippen molar-refractivity contribution in [3.05, 3.63) is 53.0 Å². The maximum Gasteiger partial charge on any atom is 0.419 e. The highest BCUT2D eigenvalue weighted by Crippen LogP contribution is 2.33. The molecule has 7 heteroatoms. The molecule has 2 heterocycles. The third-order valence-corrected chi connectivity index (χ3v) is 4.16. The lowest BCUT2D eigenvalue weighted by molar-refractivity contribution is -0.128. The first-order valence-corrected chi connectivity index (χ1v) is 7.86. The van der Waals surface area contributed by atoms with Gasteiger partial charge in [0.15, 0.2) is 17.1 Å². The Labute approximate surface area is 142 Å². The minimum absolute atomic E-state index is 0.334. The number of para-hydroxylation sites is 2. The molecule has 1 amide bonds. The number of hydrogen-bond acceptors (Lipinski definition) is 5. The van der Waals surface area contributed by atoms with E-state index in [9.17, 15) is 9.59 Å². The quantitative estimate of drug-likeness (QED) is 0.774. The zero-order chi connectivity index (χ0) is 17.6. The van der Waals surface area contributed by atoms with Crippen molar-refractivity contribution in [3.8, 4) is 11.5 Å². The molecule has 0 radical (unpaired) electrons. The fourth-order valence-corrected chi connectivity index (χ4v) is 2.83. The van der Waals surface area contributed by atoms with Crippen LogP contribution in [0, 0.1) is 0 Å². The van der Waals surface area contributed by atoms with Crippen LogP contribution in [0.4, 0.5) is 5.69 Å². The van der Waals surface area contributed by atoms with Crippen LogP contribution in [0.25, 0.3) is 11.1 Å².